The summed E-state index contributed by atoms with van der Waals surface area (Å²) in [5.41, 5.74) is -0.502. The molecule has 0 radical (unpaired) electrons. The fourth-order valence-electron chi connectivity index (χ4n) is 0.447. The SMILES string of the molecule is CC1=NSC(C(Cl)(Cl)Cl)O1. The molecule has 0 bridgehead atoms. The van der Waals surface area contributed by atoms with Crippen LogP contribution in [-0.2, 0) is 4.74 Å². The first-order valence-electron chi connectivity index (χ1n) is 2.44. The van der Waals surface area contributed by atoms with Crippen LogP contribution in [0.25, 0.3) is 0 Å². The Balaban J connectivity index is 2.50. The fraction of sp³-hybridized carbons (Fsp3) is 0.750. The predicted octanol–water partition coefficient (Wildman–Crippen LogP) is 2.78. The van der Waals surface area contributed by atoms with Crippen molar-refractivity contribution in [2.75, 3.05) is 0 Å². The smallest absolute Gasteiger partial charge is 0.238 e. The summed E-state index contributed by atoms with van der Waals surface area (Å²) >= 11 is 17.7. The van der Waals surface area contributed by atoms with Gasteiger partial charge in [-0.2, -0.15) is 4.40 Å². The Kier molecular flexibility index (Phi) is 2.61. The second-order valence-electron chi connectivity index (χ2n) is 1.71. The molecule has 1 rings (SSSR count). The van der Waals surface area contributed by atoms with Gasteiger partial charge in [-0.1, -0.05) is 34.8 Å². The Morgan fingerprint density at radius 1 is 1.60 bits per heavy atom. The lowest BCUT2D eigenvalue weighted by atomic mass is 10.7. The Morgan fingerprint density at radius 3 is 2.40 bits per heavy atom. The molecule has 0 saturated carbocycles. The summed E-state index contributed by atoms with van der Waals surface area (Å²) < 4.78 is 7.49. The van der Waals surface area contributed by atoms with E-state index in [1.54, 1.807) is 6.92 Å². The van der Waals surface area contributed by atoms with Gasteiger partial charge in [0.2, 0.25) is 9.23 Å². The van der Waals surface area contributed by atoms with E-state index in [9.17, 15) is 0 Å². The molecule has 0 spiro atoms. The summed E-state index contributed by atoms with van der Waals surface area (Å²) in [4.78, 5) is 0. The highest BCUT2D eigenvalue weighted by molar-refractivity contribution is 7.99. The van der Waals surface area contributed by atoms with Crippen LogP contribution in [-0.4, -0.2) is 15.1 Å². The normalized spacial score (nSPS) is 26.0. The summed E-state index contributed by atoms with van der Waals surface area (Å²) in [6.07, 6.45) is 0. The molecule has 0 aromatic heterocycles. The van der Waals surface area contributed by atoms with Crippen molar-refractivity contribution in [1.29, 1.82) is 0 Å². The zero-order valence-corrected chi connectivity index (χ0v) is 8.06. The van der Waals surface area contributed by atoms with E-state index in [2.05, 4.69) is 4.40 Å². The maximum absolute atomic E-state index is 5.52. The van der Waals surface area contributed by atoms with Crippen LogP contribution in [0.2, 0.25) is 0 Å². The van der Waals surface area contributed by atoms with E-state index in [1.807, 2.05) is 0 Å². The predicted molar refractivity (Wildman–Crippen MR) is 45.9 cm³/mol. The van der Waals surface area contributed by atoms with Gasteiger partial charge in [0.25, 0.3) is 0 Å². The average molecular weight is 221 g/mol. The Morgan fingerprint density at radius 2 is 2.20 bits per heavy atom. The molecule has 0 N–H and O–H groups in total. The van der Waals surface area contributed by atoms with E-state index in [0.717, 1.165) is 11.9 Å². The van der Waals surface area contributed by atoms with E-state index in [-0.39, 0.29) is 0 Å². The highest BCUT2D eigenvalue weighted by atomic mass is 35.6. The van der Waals surface area contributed by atoms with Crippen LogP contribution in [0, 0.1) is 0 Å². The first kappa shape index (κ1) is 8.78. The molecule has 1 aliphatic rings. The maximum Gasteiger partial charge on any atom is 0.238 e. The lowest BCUT2D eigenvalue weighted by Gasteiger charge is -2.16. The number of hydrogen-bond acceptors (Lipinski definition) is 3. The van der Waals surface area contributed by atoms with Crippen LogP contribution >= 0.6 is 46.8 Å². The first-order valence-corrected chi connectivity index (χ1v) is 4.41. The number of nitrogens with zero attached hydrogens (tertiary/aromatic N) is 1. The molecule has 0 amide bonds. The van der Waals surface area contributed by atoms with Crippen molar-refractivity contribution in [3.05, 3.63) is 0 Å². The van der Waals surface area contributed by atoms with Crippen LogP contribution in [0.5, 0.6) is 0 Å². The van der Waals surface area contributed by atoms with E-state index in [1.165, 1.54) is 0 Å². The molecule has 6 heteroatoms. The molecule has 1 atom stereocenters. The molecule has 0 aliphatic carbocycles. The van der Waals surface area contributed by atoms with Gasteiger partial charge in [0.15, 0.2) is 5.90 Å². The maximum atomic E-state index is 5.52. The van der Waals surface area contributed by atoms with Gasteiger partial charge in [0.05, 0.1) is 0 Å². The van der Waals surface area contributed by atoms with Gasteiger partial charge in [-0.05, 0) is 0 Å². The van der Waals surface area contributed by atoms with Crippen molar-refractivity contribution in [2.45, 2.75) is 16.2 Å². The summed E-state index contributed by atoms with van der Waals surface area (Å²) in [7, 11) is 0. The van der Waals surface area contributed by atoms with E-state index in [4.69, 9.17) is 39.5 Å². The van der Waals surface area contributed by atoms with Crippen molar-refractivity contribution in [1.82, 2.24) is 0 Å². The molecular formula is C4H4Cl3NOS. The number of rotatable bonds is 0. The van der Waals surface area contributed by atoms with Crippen molar-refractivity contribution >= 4 is 52.6 Å². The zero-order chi connectivity index (χ0) is 7.78. The fourth-order valence-corrected chi connectivity index (χ4v) is 1.53. The zero-order valence-electron chi connectivity index (χ0n) is 4.97. The Bertz CT molecular complexity index is 166. The van der Waals surface area contributed by atoms with Gasteiger partial charge in [-0.15, -0.1) is 0 Å². The second-order valence-corrected chi connectivity index (χ2v) is 4.90. The summed E-state index contributed by atoms with van der Waals surface area (Å²) in [5.74, 6) is 0.543. The van der Waals surface area contributed by atoms with Gasteiger partial charge in [0, 0.05) is 18.9 Å². The number of ether oxygens (including phenoxy) is 1. The minimum atomic E-state index is -1.40. The molecule has 2 nitrogen and oxygen atoms in total. The quantitative estimate of drug-likeness (QED) is 0.462. The Labute approximate surface area is 78.0 Å². The lowest BCUT2D eigenvalue weighted by molar-refractivity contribution is 0.287. The van der Waals surface area contributed by atoms with Crippen molar-refractivity contribution in [2.24, 2.45) is 4.40 Å². The van der Waals surface area contributed by atoms with Crippen LogP contribution in [0.3, 0.4) is 0 Å². The van der Waals surface area contributed by atoms with E-state index >= 15 is 0 Å². The Hall–Kier alpha value is 0.690. The second kappa shape index (κ2) is 2.97. The molecule has 0 aromatic carbocycles. The molecule has 0 aromatic rings. The third-order valence-electron chi connectivity index (χ3n) is 0.822. The molecule has 58 valence electrons. The van der Waals surface area contributed by atoms with Crippen LogP contribution in [0.1, 0.15) is 6.92 Å². The van der Waals surface area contributed by atoms with Gasteiger partial charge in [0.1, 0.15) is 0 Å². The lowest BCUT2D eigenvalue weighted by Crippen LogP contribution is -2.23. The highest BCUT2D eigenvalue weighted by Crippen LogP contribution is 2.41. The van der Waals surface area contributed by atoms with Crippen LogP contribution in [0.15, 0.2) is 4.40 Å². The largest absolute Gasteiger partial charge is 0.460 e. The monoisotopic (exact) mass is 219 g/mol. The topological polar surface area (TPSA) is 21.6 Å². The minimum absolute atomic E-state index is 0.502. The summed E-state index contributed by atoms with van der Waals surface area (Å²) in [6.45, 7) is 1.71. The van der Waals surface area contributed by atoms with Crippen LogP contribution < -0.4 is 0 Å². The van der Waals surface area contributed by atoms with E-state index in [0.29, 0.717) is 5.90 Å². The third-order valence-corrected chi connectivity index (χ3v) is 2.81. The highest BCUT2D eigenvalue weighted by Gasteiger charge is 2.38. The third kappa shape index (κ3) is 2.09. The van der Waals surface area contributed by atoms with Crippen molar-refractivity contribution < 1.29 is 4.74 Å². The standard InChI is InChI=1S/C4H4Cl3NOS/c1-2-8-10-3(9-2)4(5,6)7/h3H,1H3. The molecule has 1 aliphatic heterocycles. The van der Waals surface area contributed by atoms with Gasteiger partial charge >= 0.3 is 0 Å². The molecule has 1 unspecified atom stereocenters. The van der Waals surface area contributed by atoms with Crippen molar-refractivity contribution in [3.8, 4) is 0 Å². The molecular weight excluding hydrogens is 216 g/mol. The molecule has 0 fully saturated rings. The number of halogens is 3. The van der Waals surface area contributed by atoms with Gasteiger partial charge in [-0.25, -0.2) is 0 Å². The van der Waals surface area contributed by atoms with Gasteiger partial charge in [-0.3, -0.25) is 0 Å². The minimum Gasteiger partial charge on any atom is -0.460 e. The van der Waals surface area contributed by atoms with Crippen LogP contribution in [0.4, 0.5) is 0 Å². The van der Waals surface area contributed by atoms with E-state index < -0.39 is 9.23 Å². The van der Waals surface area contributed by atoms with Gasteiger partial charge < -0.3 is 4.74 Å². The molecule has 10 heavy (non-hydrogen) atoms. The summed E-state index contributed by atoms with van der Waals surface area (Å²) in [5, 5.41) is 0. The van der Waals surface area contributed by atoms with Crippen molar-refractivity contribution in [3.63, 3.8) is 0 Å². The summed E-state index contributed by atoms with van der Waals surface area (Å²) in [6, 6.07) is 0. The average Bonchev–Trinajstić information content (AvgIpc) is 2.11. The molecule has 1 heterocycles. The number of hydrogen-bond donors (Lipinski definition) is 0. The molecule has 0 saturated heterocycles. The number of alkyl halides is 3. The first-order chi connectivity index (χ1) is 4.50.